The summed E-state index contributed by atoms with van der Waals surface area (Å²) in [5.41, 5.74) is 3.62. The van der Waals surface area contributed by atoms with Gasteiger partial charge in [0.1, 0.15) is 0 Å². The first-order valence-electron chi connectivity index (χ1n) is 5.76. The van der Waals surface area contributed by atoms with E-state index in [0.717, 1.165) is 22.5 Å². The van der Waals surface area contributed by atoms with Crippen LogP contribution in [0.1, 0.15) is 11.4 Å². The van der Waals surface area contributed by atoms with E-state index in [1.807, 2.05) is 6.92 Å². The van der Waals surface area contributed by atoms with Crippen LogP contribution >= 0.6 is 0 Å². The molecule has 2 aromatic rings. The van der Waals surface area contributed by atoms with Gasteiger partial charge in [-0.15, -0.1) is 0 Å². The zero-order valence-corrected chi connectivity index (χ0v) is 11.9. The van der Waals surface area contributed by atoms with Crippen LogP contribution in [-0.4, -0.2) is 32.0 Å². The molecular weight excluding hydrogens is 264 g/mol. The Bertz CT molecular complexity index is 672. The van der Waals surface area contributed by atoms with Gasteiger partial charge in [-0.05, 0) is 24.6 Å². The molecule has 6 heteroatoms. The summed E-state index contributed by atoms with van der Waals surface area (Å²) in [5.74, 6) is 0. The van der Waals surface area contributed by atoms with E-state index in [4.69, 9.17) is 4.74 Å². The molecule has 0 amide bonds. The van der Waals surface area contributed by atoms with Gasteiger partial charge in [-0.1, -0.05) is 12.1 Å². The van der Waals surface area contributed by atoms with Crippen LogP contribution in [0.4, 0.5) is 0 Å². The standard InChI is InChI=1S/C13H16N2O3S/c1-9-13(12(8-18-2)15-14-9)10-4-6-11(7-5-10)19(3,16)17/h4-7H,8H2,1-3H3,(H,14,15). The molecule has 1 heterocycles. The lowest BCUT2D eigenvalue weighted by Crippen LogP contribution is -1.97. The van der Waals surface area contributed by atoms with E-state index in [9.17, 15) is 8.42 Å². The average molecular weight is 280 g/mol. The van der Waals surface area contributed by atoms with Gasteiger partial charge in [0.15, 0.2) is 9.84 Å². The Morgan fingerprint density at radius 1 is 1.26 bits per heavy atom. The lowest BCUT2D eigenvalue weighted by atomic mass is 10.0. The van der Waals surface area contributed by atoms with Crippen molar-refractivity contribution < 1.29 is 13.2 Å². The minimum absolute atomic E-state index is 0.311. The minimum atomic E-state index is -3.17. The smallest absolute Gasteiger partial charge is 0.175 e. The predicted octanol–water partition coefficient (Wildman–Crippen LogP) is 1.94. The molecule has 0 aliphatic heterocycles. The highest BCUT2D eigenvalue weighted by atomic mass is 32.2. The molecule has 0 spiro atoms. The minimum Gasteiger partial charge on any atom is -0.378 e. The maximum atomic E-state index is 11.4. The number of aromatic nitrogens is 2. The fourth-order valence-corrected chi connectivity index (χ4v) is 2.60. The van der Waals surface area contributed by atoms with E-state index in [1.165, 1.54) is 6.26 Å². The molecule has 102 valence electrons. The Kier molecular flexibility index (Phi) is 3.73. The van der Waals surface area contributed by atoms with Crippen molar-refractivity contribution in [3.8, 4) is 11.1 Å². The van der Waals surface area contributed by atoms with Gasteiger partial charge in [0.25, 0.3) is 0 Å². The molecule has 2 rings (SSSR count). The van der Waals surface area contributed by atoms with Gasteiger partial charge in [-0.2, -0.15) is 5.10 Å². The Labute approximate surface area is 112 Å². The van der Waals surface area contributed by atoms with Crippen molar-refractivity contribution >= 4 is 9.84 Å². The number of aromatic amines is 1. The van der Waals surface area contributed by atoms with Gasteiger partial charge in [-0.25, -0.2) is 8.42 Å². The Balaban J connectivity index is 2.45. The highest BCUT2D eigenvalue weighted by Crippen LogP contribution is 2.27. The third-order valence-electron chi connectivity index (χ3n) is 2.87. The van der Waals surface area contributed by atoms with E-state index < -0.39 is 9.84 Å². The molecule has 19 heavy (non-hydrogen) atoms. The molecule has 0 bridgehead atoms. The number of nitrogens with zero attached hydrogens (tertiary/aromatic N) is 1. The average Bonchev–Trinajstić information content (AvgIpc) is 2.70. The lowest BCUT2D eigenvalue weighted by molar-refractivity contribution is 0.182. The molecular formula is C13H16N2O3S. The fraction of sp³-hybridized carbons (Fsp3) is 0.308. The Morgan fingerprint density at radius 2 is 1.89 bits per heavy atom. The number of methoxy groups -OCH3 is 1. The Morgan fingerprint density at radius 3 is 2.42 bits per heavy atom. The van der Waals surface area contributed by atoms with Gasteiger partial charge in [0.05, 0.1) is 17.2 Å². The summed E-state index contributed by atoms with van der Waals surface area (Å²) in [7, 11) is -1.56. The SMILES string of the molecule is COCc1n[nH]c(C)c1-c1ccc(S(C)(=O)=O)cc1. The number of sulfone groups is 1. The number of nitrogens with one attached hydrogen (secondary N) is 1. The topological polar surface area (TPSA) is 72.0 Å². The van der Waals surface area contributed by atoms with Crippen LogP contribution in [0.5, 0.6) is 0 Å². The molecule has 0 saturated heterocycles. The molecule has 1 N–H and O–H groups in total. The first-order valence-corrected chi connectivity index (χ1v) is 7.66. The normalized spacial score (nSPS) is 11.7. The number of hydrogen-bond donors (Lipinski definition) is 1. The van der Waals surface area contributed by atoms with E-state index >= 15 is 0 Å². The summed E-state index contributed by atoms with van der Waals surface area (Å²) in [6.07, 6.45) is 1.20. The van der Waals surface area contributed by atoms with E-state index in [2.05, 4.69) is 10.2 Å². The van der Waals surface area contributed by atoms with Crippen LogP contribution in [0.2, 0.25) is 0 Å². The van der Waals surface area contributed by atoms with Gasteiger partial charge in [-0.3, -0.25) is 5.10 Å². The number of aryl methyl sites for hydroxylation is 1. The predicted molar refractivity (Wildman–Crippen MR) is 72.6 cm³/mol. The fourth-order valence-electron chi connectivity index (χ4n) is 1.97. The number of ether oxygens (including phenoxy) is 1. The van der Waals surface area contributed by atoms with Crippen LogP contribution in [0.3, 0.4) is 0 Å². The van der Waals surface area contributed by atoms with Gasteiger partial charge in [0, 0.05) is 24.6 Å². The second-order valence-electron chi connectivity index (χ2n) is 4.40. The van der Waals surface area contributed by atoms with Gasteiger partial charge < -0.3 is 4.74 Å². The summed E-state index contributed by atoms with van der Waals surface area (Å²) >= 11 is 0. The summed E-state index contributed by atoms with van der Waals surface area (Å²) in [4.78, 5) is 0.311. The molecule has 1 aromatic carbocycles. The van der Waals surface area contributed by atoms with Crippen LogP contribution in [-0.2, 0) is 21.2 Å². The summed E-state index contributed by atoms with van der Waals surface area (Å²) in [6, 6.07) is 6.78. The molecule has 0 aliphatic carbocycles. The Hall–Kier alpha value is -1.66. The van der Waals surface area contributed by atoms with Crippen LogP contribution < -0.4 is 0 Å². The van der Waals surface area contributed by atoms with E-state index in [1.54, 1.807) is 31.4 Å². The molecule has 0 saturated carbocycles. The second kappa shape index (κ2) is 5.14. The molecule has 0 atom stereocenters. The van der Waals surface area contributed by atoms with Crippen molar-refractivity contribution in [3.05, 3.63) is 35.7 Å². The van der Waals surface area contributed by atoms with Crippen molar-refractivity contribution in [1.29, 1.82) is 0 Å². The maximum absolute atomic E-state index is 11.4. The third-order valence-corrected chi connectivity index (χ3v) is 4.00. The van der Waals surface area contributed by atoms with Gasteiger partial charge in [0.2, 0.25) is 0 Å². The molecule has 0 aliphatic rings. The zero-order valence-electron chi connectivity index (χ0n) is 11.1. The third kappa shape index (κ3) is 2.85. The molecule has 0 radical (unpaired) electrons. The summed E-state index contributed by atoms with van der Waals surface area (Å²) < 4.78 is 28.0. The number of rotatable bonds is 4. The highest BCUT2D eigenvalue weighted by Gasteiger charge is 2.13. The van der Waals surface area contributed by atoms with Crippen molar-refractivity contribution in [2.75, 3.05) is 13.4 Å². The number of benzene rings is 1. The first kappa shape index (κ1) is 13.8. The highest BCUT2D eigenvalue weighted by molar-refractivity contribution is 7.90. The largest absolute Gasteiger partial charge is 0.378 e. The molecule has 1 aromatic heterocycles. The number of hydrogen-bond acceptors (Lipinski definition) is 4. The molecule has 0 fully saturated rings. The number of H-pyrrole nitrogens is 1. The van der Waals surface area contributed by atoms with Crippen LogP contribution in [0, 0.1) is 6.92 Å². The van der Waals surface area contributed by atoms with Crippen molar-refractivity contribution in [2.24, 2.45) is 0 Å². The van der Waals surface area contributed by atoms with Crippen molar-refractivity contribution in [2.45, 2.75) is 18.4 Å². The van der Waals surface area contributed by atoms with Gasteiger partial charge >= 0.3 is 0 Å². The quantitative estimate of drug-likeness (QED) is 0.929. The van der Waals surface area contributed by atoms with Crippen molar-refractivity contribution in [3.63, 3.8) is 0 Å². The van der Waals surface area contributed by atoms with E-state index in [0.29, 0.717) is 11.5 Å². The zero-order chi connectivity index (χ0) is 14.0. The lowest BCUT2D eigenvalue weighted by Gasteiger charge is -2.05. The van der Waals surface area contributed by atoms with Crippen molar-refractivity contribution in [1.82, 2.24) is 10.2 Å². The van der Waals surface area contributed by atoms with Crippen LogP contribution in [0.15, 0.2) is 29.2 Å². The summed E-state index contributed by atoms with van der Waals surface area (Å²) in [6.45, 7) is 2.33. The monoisotopic (exact) mass is 280 g/mol. The molecule has 5 nitrogen and oxygen atoms in total. The first-order chi connectivity index (χ1) is 8.93. The van der Waals surface area contributed by atoms with Crippen LogP contribution in [0.25, 0.3) is 11.1 Å². The summed E-state index contributed by atoms with van der Waals surface area (Å²) in [5, 5.41) is 7.10. The maximum Gasteiger partial charge on any atom is 0.175 e. The molecule has 0 unspecified atom stereocenters. The second-order valence-corrected chi connectivity index (χ2v) is 6.42. The van der Waals surface area contributed by atoms with E-state index in [-0.39, 0.29) is 0 Å².